The number of benzene rings is 1. The fourth-order valence-corrected chi connectivity index (χ4v) is 3.89. The van der Waals surface area contributed by atoms with Crippen LogP contribution in [0.15, 0.2) is 27.4 Å². The number of likely N-dealkylation sites (tertiary alicyclic amines) is 1. The number of aliphatic hydroxyl groups is 1. The Morgan fingerprint density at radius 2 is 2.07 bits per heavy atom. The van der Waals surface area contributed by atoms with Gasteiger partial charge in [-0.15, -0.1) is 0 Å². The number of amides is 1. The molecule has 1 aromatic heterocycles. The molecule has 158 valence electrons. The highest BCUT2D eigenvalue weighted by Gasteiger charge is 2.34. The van der Waals surface area contributed by atoms with E-state index < -0.39 is 17.3 Å². The molecular weight excluding hydrogens is 372 g/mol. The molecule has 7 nitrogen and oxygen atoms in total. The normalized spacial score (nSPS) is 19.0. The highest BCUT2D eigenvalue weighted by atomic mass is 16.6. The molecule has 0 bridgehead atoms. The first-order valence-corrected chi connectivity index (χ1v) is 10.2. The first-order valence-electron chi connectivity index (χ1n) is 10.2. The SMILES string of the molecule is CCN(CC)c1ccc2c(C)c(CCOC(=O)N3CC[C@](C)(O)C3)c(=O)oc2c1. The minimum absolute atomic E-state index is 0.0894. The maximum Gasteiger partial charge on any atom is 0.409 e. The van der Waals surface area contributed by atoms with Crippen LogP contribution in [0.3, 0.4) is 0 Å². The second-order valence-corrected chi connectivity index (χ2v) is 7.88. The molecule has 1 saturated heterocycles. The van der Waals surface area contributed by atoms with Crippen molar-refractivity contribution in [2.75, 3.05) is 37.7 Å². The van der Waals surface area contributed by atoms with Crippen molar-refractivity contribution < 1.29 is 19.1 Å². The molecule has 1 amide bonds. The number of fused-ring (bicyclic) bond motifs is 1. The number of aryl methyl sites for hydroxylation is 1. The molecule has 0 unspecified atom stereocenters. The number of anilines is 1. The predicted octanol–water partition coefficient (Wildman–Crippen LogP) is 3.08. The van der Waals surface area contributed by atoms with E-state index in [0.29, 0.717) is 24.1 Å². The fourth-order valence-electron chi connectivity index (χ4n) is 3.89. The second-order valence-electron chi connectivity index (χ2n) is 7.88. The zero-order valence-corrected chi connectivity index (χ0v) is 17.7. The summed E-state index contributed by atoms with van der Waals surface area (Å²) in [6, 6.07) is 5.91. The van der Waals surface area contributed by atoms with Gasteiger partial charge in [0.2, 0.25) is 0 Å². The lowest BCUT2D eigenvalue weighted by Gasteiger charge is -2.21. The summed E-state index contributed by atoms with van der Waals surface area (Å²) in [7, 11) is 0. The van der Waals surface area contributed by atoms with Gasteiger partial charge in [-0.25, -0.2) is 9.59 Å². The molecular formula is C22H30N2O5. The molecule has 3 rings (SSSR count). The van der Waals surface area contributed by atoms with Gasteiger partial charge in [0.15, 0.2) is 0 Å². The molecule has 1 N–H and O–H groups in total. The van der Waals surface area contributed by atoms with Gasteiger partial charge in [-0.2, -0.15) is 0 Å². The Kier molecular flexibility index (Phi) is 6.17. The van der Waals surface area contributed by atoms with Gasteiger partial charge in [0.1, 0.15) is 5.58 Å². The van der Waals surface area contributed by atoms with E-state index in [9.17, 15) is 14.7 Å². The number of ether oxygens (including phenoxy) is 1. The Balaban J connectivity index is 1.72. The third-order valence-corrected chi connectivity index (χ3v) is 5.69. The standard InChI is InChI=1S/C22H30N2O5/c1-5-23(6-2)16-7-8-17-15(3)18(20(25)29-19(17)13-16)9-12-28-21(26)24-11-10-22(4,27)14-24/h7-8,13,27H,5-6,9-12,14H2,1-4H3/t22-/m0/s1. The molecule has 1 aromatic carbocycles. The van der Waals surface area contributed by atoms with Crippen LogP contribution in [0.1, 0.15) is 38.3 Å². The van der Waals surface area contributed by atoms with Gasteiger partial charge in [-0.1, -0.05) is 0 Å². The summed E-state index contributed by atoms with van der Waals surface area (Å²) in [4.78, 5) is 28.4. The van der Waals surface area contributed by atoms with E-state index in [2.05, 4.69) is 18.7 Å². The number of carbonyl (C=O) groups excluding carboxylic acids is 1. The van der Waals surface area contributed by atoms with Crippen molar-refractivity contribution in [3.8, 4) is 0 Å². The summed E-state index contributed by atoms with van der Waals surface area (Å²) in [5.41, 5.74) is 1.70. The van der Waals surface area contributed by atoms with Gasteiger partial charge in [-0.3, -0.25) is 0 Å². The van der Waals surface area contributed by atoms with Gasteiger partial charge >= 0.3 is 11.7 Å². The molecule has 1 atom stereocenters. The smallest absolute Gasteiger partial charge is 0.409 e. The lowest BCUT2D eigenvalue weighted by atomic mass is 10.0. The Labute approximate surface area is 170 Å². The Morgan fingerprint density at radius 1 is 1.34 bits per heavy atom. The van der Waals surface area contributed by atoms with E-state index >= 15 is 0 Å². The number of carbonyl (C=O) groups is 1. The summed E-state index contributed by atoms with van der Waals surface area (Å²) < 4.78 is 10.9. The number of hydrogen-bond acceptors (Lipinski definition) is 6. The lowest BCUT2D eigenvalue weighted by molar-refractivity contribution is 0.0607. The minimum Gasteiger partial charge on any atom is -0.449 e. The lowest BCUT2D eigenvalue weighted by Crippen LogP contribution is -2.34. The van der Waals surface area contributed by atoms with Crippen LogP contribution in [-0.4, -0.2) is 54.5 Å². The van der Waals surface area contributed by atoms with Gasteiger partial charge in [0.25, 0.3) is 0 Å². The Bertz CT molecular complexity index is 946. The molecule has 7 heteroatoms. The van der Waals surface area contributed by atoms with E-state index in [-0.39, 0.29) is 19.6 Å². The molecule has 1 fully saturated rings. The van der Waals surface area contributed by atoms with E-state index in [1.165, 1.54) is 4.90 Å². The van der Waals surface area contributed by atoms with E-state index in [0.717, 1.165) is 29.7 Å². The number of hydrogen-bond donors (Lipinski definition) is 1. The molecule has 0 radical (unpaired) electrons. The predicted molar refractivity (Wildman–Crippen MR) is 113 cm³/mol. The highest BCUT2D eigenvalue weighted by molar-refractivity contribution is 5.84. The monoisotopic (exact) mass is 402 g/mol. The van der Waals surface area contributed by atoms with Gasteiger partial charge in [0, 0.05) is 48.8 Å². The van der Waals surface area contributed by atoms with Gasteiger partial charge in [-0.05, 0) is 51.8 Å². The first-order chi connectivity index (χ1) is 13.8. The minimum atomic E-state index is -0.862. The van der Waals surface area contributed by atoms with Crippen LogP contribution in [0.5, 0.6) is 0 Å². The van der Waals surface area contributed by atoms with Crippen LogP contribution in [0.2, 0.25) is 0 Å². The average molecular weight is 402 g/mol. The molecule has 0 aliphatic carbocycles. The van der Waals surface area contributed by atoms with Crippen LogP contribution in [0.25, 0.3) is 11.0 Å². The molecule has 0 spiro atoms. The van der Waals surface area contributed by atoms with Gasteiger partial charge in [0.05, 0.1) is 18.8 Å². The number of nitrogens with zero attached hydrogens (tertiary/aromatic N) is 2. The summed E-state index contributed by atoms with van der Waals surface area (Å²) in [5.74, 6) is 0. The van der Waals surface area contributed by atoms with E-state index in [4.69, 9.17) is 9.15 Å². The third-order valence-electron chi connectivity index (χ3n) is 5.69. The summed E-state index contributed by atoms with van der Waals surface area (Å²) >= 11 is 0. The van der Waals surface area contributed by atoms with Crippen molar-refractivity contribution in [1.29, 1.82) is 0 Å². The van der Waals surface area contributed by atoms with Crippen LogP contribution in [0.4, 0.5) is 10.5 Å². The van der Waals surface area contributed by atoms with Crippen molar-refractivity contribution in [3.05, 3.63) is 39.7 Å². The van der Waals surface area contributed by atoms with Crippen LogP contribution < -0.4 is 10.5 Å². The highest BCUT2D eigenvalue weighted by Crippen LogP contribution is 2.25. The second kappa shape index (κ2) is 8.45. The van der Waals surface area contributed by atoms with Crippen molar-refractivity contribution in [3.63, 3.8) is 0 Å². The number of rotatable bonds is 6. The van der Waals surface area contributed by atoms with Crippen molar-refractivity contribution in [2.24, 2.45) is 0 Å². The molecule has 2 heterocycles. The summed E-state index contributed by atoms with van der Waals surface area (Å²) in [6.45, 7) is 10.3. The van der Waals surface area contributed by atoms with E-state index in [1.807, 2.05) is 25.1 Å². The van der Waals surface area contributed by atoms with E-state index in [1.54, 1.807) is 6.92 Å². The first kappa shape index (κ1) is 21.2. The zero-order chi connectivity index (χ0) is 21.2. The van der Waals surface area contributed by atoms with Gasteiger partial charge < -0.3 is 24.1 Å². The van der Waals surface area contributed by atoms with Crippen LogP contribution in [-0.2, 0) is 11.2 Å². The molecule has 1 aliphatic heterocycles. The summed E-state index contributed by atoms with van der Waals surface area (Å²) in [6.07, 6.45) is 0.359. The topological polar surface area (TPSA) is 83.2 Å². The zero-order valence-electron chi connectivity index (χ0n) is 17.7. The van der Waals surface area contributed by atoms with Crippen molar-refractivity contribution >= 4 is 22.7 Å². The quantitative estimate of drug-likeness (QED) is 0.748. The largest absolute Gasteiger partial charge is 0.449 e. The third kappa shape index (κ3) is 4.56. The maximum atomic E-state index is 12.5. The molecule has 1 aliphatic rings. The Morgan fingerprint density at radius 3 is 2.69 bits per heavy atom. The Hall–Kier alpha value is -2.54. The van der Waals surface area contributed by atoms with Crippen LogP contribution in [0, 0.1) is 6.92 Å². The van der Waals surface area contributed by atoms with Crippen LogP contribution >= 0.6 is 0 Å². The average Bonchev–Trinajstić information content (AvgIpc) is 3.05. The molecule has 2 aromatic rings. The summed E-state index contributed by atoms with van der Waals surface area (Å²) in [5, 5.41) is 10.9. The fraction of sp³-hybridized carbons (Fsp3) is 0.545. The molecule has 0 saturated carbocycles. The van der Waals surface area contributed by atoms with Crippen molar-refractivity contribution in [1.82, 2.24) is 4.90 Å². The molecule has 29 heavy (non-hydrogen) atoms. The maximum absolute atomic E-state index is 12.5. The number of β-amino-alcohol motifs (C(OH)–C–C–N with tert-alkyl or cyclic N) is 1. The van der Waals surface area contributed by atoms with Crippen molar-refractivity contribution in [2.45, 2.75) is 46.1 Å².